The maximum atomic E-state index is 7.00. The van der Waals surface area contributed by atoms with Gasteiger partial charge >= 0.3 is 33.2 Å². The Morgan fingerprint density at radius 1 is 0.596 bits per heavy atom. The van der Waals surface area contributed by atoms with Gasteiger partial charge in [-0.3, -0.25) is 10.9 Å². The molecule has 4 N–H and O–H groups in total. The van der Waals surface area contributed by atoms with Gasteiger partial charge in [0, 0.05) is 45.8 Å². The van der Waals surface area contributed by atoms with Gasteiger partial charge in [-0.25, -0.2) is 0 Å². The predicted molar refractivity (Wildman–Crippen MR) is 192 cm³/mol. The van der Waals surface area contributed by atoms with Crippen LogP contribution in [0.1, 0.15) is 11.1 Å². The summed E-state index contributed by atoms with van der Waals surface area (Å²) in [6, 6.07) is 30.7. The van der Waals surface area contributed by atoms with Gasteiger partial charge in [0.1, 0.15) is 0 Å². The van der Waals surface area contributed by atoms with E-state index in [4.69, 9.17) is 53.7 Å². The molecule has 0 aliphatic rings. The topological polar surface area (TPSA) is 141 Å². The third kappa shape index (κ3) is 13.8. The number of nitrogens with one attached hydrogen (secondary N) is 2. The minimum absolute atomic E-state index is 0.382. The Morgan fingerprint density at radius 2 is 0.979 bits per heavy atom. The first-order chi connectivity index (χ1) is 23.1. The van der Waals surface area contributed by atoms with E-state index in [-0.39, 0.29) is 0 Å². The van der Waals surface area contributed by atoms with E-state index in [0.717, 1.165) is 46.9 Å². The number of aliphatic hydroxyl groups excluding tert-OH is 2. The van der Waals surface area contributed by atoms with Gasteiger partial charge in [-0.15, -0.1) is 10.2 Å². The van der Waals surface area contributed by atoms with Gasteiger partial charge in [0.25, 0.3) is 0 Å². The molecule has 47 heavy (non-hydrogen) atoms. The van der Waals surface area contributed by atoms with E-state index in [1.165, 1.54) is 0 Å². The van der Waals surface area contributed by atoms with Crippen LogP contribution in [0.3, 0.4) is 0 Å². The summed E-state index contributed by atoms with van der Waals surface area (Å²) in [5.41, 5.74) is 7.65. The van der Waals surface area contributed by atoms with Crippen molar-refractivity contribution < 1.29 is 23.1 Å². The molecule has 0 atom stereocenters. The molecule has 0 aliphatic carbocycles. The summed E-state index contributed by atoms with van der Waals surface area (Å²) in [4.78, 5) is 0. The molecule has 0 saturated carbocycles. The van der Waals surface area contributed by atoms with Crippen molar-refractivity contribution in [2.45, 2.75) is 0 Å². The molecule has 0 unspecified atom stereocenters. The van der Waals surface area contributed by atoms with E-state index in [2.05, 4.69) is 41.4 Å². The van der Waals surface area contributed by atoms with E-state index in [1.807, 2.05) is 97.1 Å². The Bertz CT molecular complexity index is 1710. The molecule has 6 rings (SSSR count). The summed E-state index contributed by atoms with van der Waals surface area (Å²) in [5, 5.41) is 43.7. The second-order valence-corrected chi connectivity index (χ2v) is 11.1. The summed E-state index contributed by atoms with van der Waals surface area (Å²) in [7, 11) is 11.5. The first kappa shape index (κ1) is 39.3. The van der Waals surface area contributed by atoms with Gasteiger partial charge in [0.05, 0.1) is 24.8 Å². The van der Waals surface area contributed by atoms with E-state index in [9.17, 15) is 0 Å². The number of nitrogens with zero attached hydrogens (tertiary/aromatic N) is 6. The zero-order chi connectivity index (χ0) is 34.3. The van der Waals surface area contributed by atoms with Crippen LogP contribution in [0.2, 0.25) is 10.0 Å². The summed E-state index contributed by atoms with van der Waals surface area (Å²) in [6.07, 6.45) is 6.83. The fourth-order valence-electron chi connectivity index (χ4n) is 3.73. The summed E-state index contributed by atoms with van der Waals surface area (Å²) < 4.78 is 0. The third-order valence-electron chi connectivity index (χ3n) is 5.61. The number of hydrogen-bond acceptors (Lipinski definition) is 10. The zero-order valence-corrected chi connectivity index (χ0v) is 29.0. The van der Waals surface area contributed by atoms with E-state index < -0.39 is 0 Å². The van der Waals surface area contributed by atoms with Crippen molar-refractivity contribution in [3.63, 3.8) is 0 Å². The van der Waals surface area contributed by atoms with Crippen molar-refractivity contribution in [2.24, 2.45) is 10.2 Å². The molecule has 0 fully saturated rings. The van der Waals surface area contributed by atoms with Gasteiger partial charge in [0.15, 0.2) is 11.6 Å². The molecular weight excluding hydrogens is 729 g/mol. The van der Waals surface area contributed by atoms with Gasteiger partial charge in [0.2, 0.25) is 0 Å². The number of rotatable bonds is 6. The van der Waals surface area contributed by atoms with Crippen LogP contribution < -0.4 is 10.9 Å². The SMILES string of the molecule is CO.CO.Clc1cccc(/C=N\Nc2nncc3ccccc23)c1.Clc1cccc(/C=N\Nc2nncc3ccccc23)c1.[Cl][Co][Cl]. The molecule has 10 nitrogen and oxygen atoms in total. The molecule has 2 heterocycles. The number of halogens is 4. The molecule has 4 aromatic carbocycles. The molecule has 0 aliphatic heterocycles. The van der Waals surface area contributed by atoms with Crippen LogP contribution in [0.15, 0.2) is 120 Å². The minimum atomic E-state index is 0.382. The number of hydrazone groups is 2. The Kier molecular flexibility index (Phi) is 19.6. The summed E-state index contributed by atoms with van der Waals surface area (Å²) in [6.45, 7) is 0. The average molecular weight is 759 g/mol. The Morgan fingerprint density at radius 3 is 1.36 bits per heavy atom. The van der Waals surface area contributed by atoms with Crippen LogP contribution in [0.4, 0.5) is 11.6 Å². The number of aliphatic hydroxyl groups is 2. The van der Waals surface area contributed by atoms with Gasteiger partial charge in [-0.05, 0) is 35.4 Å². The predicted octanol–water partition coefficient (Wildman–Crippen LogP) is 8.05. The molecule has 0 spiro atoms. The van der Waals surface area contributed by atoms with Crippen LogP contribution in [0.5, 0.6) is 0 Å². The van der Waals surface area contributed by atoms with Crippen LogP contribution >= 0.6 is 43.5 Å². The monoisotopic (exact) mass is 757 g/mol. The quantitative estimate of drug-likeness (QED) is 0.0988. The van der Waals surface area contributed by atoms with Crippen molar-refractivity contribution in [2.75, 3.05) is 25.1 Å². The standard InChI is InChI=1S/2C15H11ClN4.2CH4O.2ClH.Co/c2*16-13-6-3-4-11(8-13)9-17-19-15-14-7-2-1-5-12(14)10-18-20-15;2*1-2;;;/h2*1-10H,(H,19,20);2*2H,1H3;2*1H;/q;;;;;;+2/p-2/b2*17-9-;;;;;. The molecule has 0 radical (unpaired) electrons. The molecule has 6 aromatic rings. The number of benzene rings is 4. The van der Waals surface area contributed by atoms with Crippen molar-refractivity contribution in [3.8, 4) is 0 Å². The van der Waals surface area contributed by atoms with E-state index in [1.54, 1.807) is 24.8 Å². The van der Waals surface area contributed by atoms with Crippen LogP contribution in [0.25, 0.3) is 21.5 Å². The molecule has 247 valence electrons. The fraction of sp³-hybridized carbons (Fsp3) is 0.0625. The van der Waals surface area contributed by atoms with E-state index in [0.29, 0.717) is 34.6 Å². The van der Waals surface area contributed by atoms with Gasteiger partial charge < -0.3 is 10.2 Å². The number of anilines is 2. The molecule has 15 heteroatoms. The first-order valence-electron chi connectivity index (χ1n) is 13.3. The second-order valence-electron chi connectivity index (χ2n) is 8.46. The Hall–Kier alpha value is -3.91. The van der Waals surface area contributed by atoms with Crippen molar-refractivity contribution >= 4 is 89.1 Å². The fourth-order valence-corrected chi connectivity index (χ4v) is 4.13. The summed E-state index contributed by atoms with van der Waals surface area (Å²) in [5.74, 6) is 1.25. The Balaban J connectivity index is 0.000000275. The molecule has 0 amide bonds. The van der Waals surface area contributed by atoms with Crippen LogP contribution in [-0.4, -0.2) is 57.3 Å². The van der Waals surface area contributed by atoms with Gasteiger partial charge in [-0.1, -0.05) is 96.0 Å². The van der Waals surface area contributed by atoms with Gasteiger partial charge in [-0.2, -0.15) is 20.4 Å². The number of fused-ring (bicyclic) bond motifs is 2. The maximum absolute atomic E-state index is 7.00. The van der Waals surface area contributed by atoms with Crippen molar-refractivity contribution in [3.05, 3.63) is 131 Å². The number of aromatic nitrogens is 4. The molecule has 0 bridgehead atoms. The molecule has 0 saturated heterocycles. The molecule has 2 aromatic heterocycles. The molecular formula is C32H30Cl4CoN8O2. The van der Waals surface area contributed by atoms with Crippen LogP contribution in [-0.2, 0) is 12.9 Å². The summed E-state index contributed by atoms with van der Waals surface area (Å²) >= 11 is 12.2. The van der Waals surface area contributed by atoms with Crippen molar-refractivity contribution in [1.29, 1.82) is 0 Å². The first-order valence-corrected chi connectivity index (χ1v) is 16.9. The van der Waals surface area contributed by atoms with Crippen LogP contribution in [0, 0.1) is 0 Å². The average Bonchev–Trinajstić information content (AvgIpc) is 3.11. The second kappa shape index (κ2) is 23.4. The van der Waals surface area contributed by atoms with E-state index >= 15 is 0 Å². The number of hydrogen-bond donors (Lipinski definition) is 4. The zero-order valence-electron chi connectivity index (χ0n) is 25.0. The Labute approximate surface area is 297 Å². The van der Waals surface area contributed by atoms with Crippen molar-refractivity contribution in [1.82, 2.24) is 20.4 Å². The third-order valence-corrected chi connectivity index (χ3v) is 6.08. The normalized spacial score (nSPS) is 10.1.